The van der Waals surface area contributed by atoms with Crippen molar-refractivity contribution in [3.63, 3.8) is 0 Å². The lowest BCUT2D eigenvalue weighted by Crippen LogP contribution is -2.39. The van der Waals surface area contributed by atoms with Crippen LogP contribution in [0.1, 0.15) is 38.2 Å². The van der Waals surface area contributed by atoms with E-state index in [1.807, 2.05) is 35.1 Å². The van der Waals surface area contributed by atoms with Gasteiger partial charge in [0.2, 0.25) is 0 Å². The van der Waals surface area contributed by atoms with Crippen LogP contribution in [0.2, 0.25) is 0 Å². The van der Waals surface area contributed by atoms with Crippen molar-refractivity contribution >= 4 is 38.8 Å². The third-order valence-electron chi connectivity index (χ3n) is 5.70. The maximum atomic E-state index is 12.5. The molecule has 192 valence electrons. The lowest BCUT2D eigenvalue weighted by atomic mass is 10.1. The fraction of sp³-hybridized carbons (Fsp3) is 0.346. The molecule has 0 radical (unpaired) electrons. The van der Waals surface area contributed by atoms with E-state index in [0.717, 1.165) is 42.1 Å². The topological polar surface area (TPSA) is 120 Å². The quantitative estimate of drug-likeness (QED) is 0.333. The summed E-state index contributed by atoms with van der Waals surface area (Å²) in [6.07, 6.45) is 4.47. The zero-order valence-electron chi connectivity index (χ0n) is 20.7. The van der Waals surface area contributed by atoms with Crippen LogP contribution in [0, 0.1) is 0 Å². The van der Waals surface area contributed by atoms with Gasteiger partial charge in [-0.3, -0.25) is 4.90 Å². The molecular formula is C26H33N5O4S. The number of nitrogens with one attached hydrogen (secondary N) is 3. The van der Waals surface area contributed by atoms with Crippen molar-refractivity contribution in [2.24, 2.45) is 0 Å². The smallest absolute Gasteiger partial charge is 0.328 e. The second kappa shape index (κ2) is 12.9. The third-order valence-corrected chi connectivity index (χ3v) is 7.05. The molecule has 36 heavy (non-hydrogen) atoms. The van der Waals surface area contributed by atoms with E-state index in [4.69, 9.17) is 0 Å². The number of pyridine rings is 1. The number of carbonyl (C=O) groups excluding carboxylic acids is 2. The largest absolute Gasteiger partial charge is 0.337 e. The van der Waals surface area contributed by atoms with Gasteiger partial charge in [0.25, 0.3) is 10.0 Å². The fourth-order valence-corrected chi connectivity index (χ4v) is 4.51. The van der Waals surface area contributed by atoms with Gasteiger partial charge in [0.1, 0.15) is 5.82 Å². The van der Waals surface area contributed by atoms with Crippen LogP contribution in [0.5, 0.6) is 0 Å². The van der Waals surface area contributed by atoms with Crippen LogP contribution >= 0.6 is 0 Å². The Morgan fingerprint density at radius 1 is 0.889 bits per heavy atom. The molecule has 0 unspecified atom stereocenters. The standard InChI is InChI=1S/C26H33N5O4S/c1-3-4-5-8-18-27-25(32)30-36(34,35)22-14-11-20(12-15-22)17-19-28-26(33)31(2)24-16-13-21-9-6-7-10-23(21)29-24/h6-7,9-16H,3-5,8,17-19H2,1-2H3,(H,28,33)(H2,27,30,32). The highest BCUT2D eigenvalue weighted by molar-refractivity contribution is 7.90. The zero-order chi connectivity index (χ0) is 26.0. The van der Waals surface area contributed by atoms with Gasteiger partial charge in [0.15, 0.2) is 0 Å². The molecule has 0 atom stereocenters. The average molecular weight is 512 g/mol. The molecule has 0 spiro atoms. The molecule has 3 N–H and O–H groups in total. The number of unbranched alkanes of at least 4 members (excludes halogenated alkanes) is 3. The first-order valence-corrected chi connectivity index (χ1v) is 13.6. The van der Waals surface area contributed by atoms with Gasteiger partial charge in [0, 0.05) is 25.5 Å². The predicted molar refractivity (Wildman–Crippen MR) is 142 cm³/mol. The van der Waals surface area contributed by atoms with Crippen LogP contribution < -0.4 is 20.3 Å². The first-order chi connectivity index (χ1) is 17.3. The van der Waals surface area contributed by atoms with Crippen molar-refractivity contribution in [1.29, 1.82) is 0 Å². The molecule has 1 aromatic heterocycles. The van der Waals surface area contributed by atoms with Crippen LogP contribution in [0.15, 0.2) is 65.6 Å². The van der Waals surface area contributed by atoms with Gasteiger partial charge in [-0.2, -0.15) is 0 Å². The Labute approximate surface area is 212 Å². The minimum Gasteiger partial charge on any atom is -0.337 e. The normalized spacial score (nSPS) is 11.2. The van der Waals surface area contributed by atoms with E-state index < -0.39 is 16.1 Å². The van der Waals surface area contributed by atoms with Crippen molar-refractivity contribution in [3.05, 3.63) is 66.2 Å². The summed E-state index contributed by atoms with van der Waals surface area (Å²) in [4.78, 5) is 30.4. The lowest BCUT2D eigenvalue weighted by Gasteiger charge is -2.17. The number of fused-ring (bicyclic) bond motifs is 1. The molecule has 0 aliphatic carbocycles. The molecular weight excluding hydrogens is 478 g/mol. The van der Waals surface area contributed by atoms with Crippen LogP contribution in [-0.4, -0.2) is 45.6 Å². The first kappa shape index (κ1) is 26.9. The number of hydrogen-bond donors (Lipinski definition) is 3. The number of amides is 4. The molecule has 0 saturated heterocycles. The number of rotatable bonds is 11. The first-order valence-electron chi connectivity index (χ1n) is 12.1. The molecule has 1 heterocycles. The van der Waals surface area contributed by atoms with E-state index in [1.165, 1.54) is 17.0 Å². The Hall–Kier alpha value is -3.66. The highest BCUT2D eigenvalue weighted by Gasteiger charge is 2.17. The molecule has 0 aliphatic rings. The second-order valence-electron chi connectivity index (χ2n) is 8.47. The van der Waals surface area contributed by atoms with E-state index in [1.54, 1.807) is 25.2 Å². The number of nitrogens with zero attached hydrogens (tertiary/aromatic N) is 2. The summed E-state index contributed by atoms with van der Waals surface area (Å²) in [6.45, 7) is 2.89. The summed E-state index contributed by atoms with van der Waals surface area (Å²) >= 11 is 0. The van der Waals surface area contributed by atoms with Crippen LogP contribution in [0.25, 0.3) is 10.9 Å². The summed E-state index contributed by atoms with van der Waals surface area (Å²) in [6, 6.07) is 16.6. The number of para-hydroxylation sites is 1. The molecule has 10 heteroatoms. The van der Waals surface area contributed by atoms with Crippen molar-refractivity contribution in [1.82, 2.24) is 20.3 Å². The molecule has 0 bridgehead atoms. The van der Waals surface area contributed by atoms with Crippen molar-refractivity contribution in [2.75, 3.05) is 25.0 Å². The molecule has 2 aromatic carbocycles. The Bertz CT molecular complexity index is 1280. The van der Waals surface area contributed by atoms with Crippen molar-refractivity contribution in [3.8, 4) is 0 Å². The second-order valence-corrected chi connectivity index (χ2v) is 10.2. The van der Waals surface area contributed by atoms with Crippen LogP contribution in [-0.2, 0) is 16.4 Å². The molecule has 3 aromatic rings. The number of carbonyl (C=O) groups is 2. The number of sulfonamides is 1. The molecule has 3 rings (SSSR count). The Kier molecular flexibility index (Phi) is 9.63. The van der Waals surface area contributed by atoms with Crippen LogP contribution in [0.3, 0.4) is 0 Å². The van der Waals surface area contributed by atoms with Gasteiger partial charge < -0.3 is 10.6 Å². The van der Waals surface area contributed by atoms with Gasteiger partial charge in [0.05, 0.1) is 10.4 Å². The number of benzene rings is 2. The van der Waals surface area contributed by atoms with Crippen LogP contribution in [0.4, 0.5) is 15.4 Å². The third kappa shape index (κ3) is 7.67. The average Bonchev–Trinajstić information content (AvgIpc) is 2.87. The molecule has 0 saturated carbocycles. The zero-order valence-corrected chi connectivity index (χ0v) is 21.5. The van der Waals surface area contributed by atoms with E-state index in [0.29, 0.717) is 25.3 Å². The summed E-state index contributed by atoms with van der Waals surface area (Å²) in [5.74, 6) is 0.540. The van der Waals surface area contributed by atoms with Gasteiger partial charge in [-0.25, -0.2) is 27.7 Å². The summed E-state index contributed by atoms with van der Waals surface area (Å²) in [5, 5.41) is 6.41. The summed E-state index contributed by atoms with van der Waals surface area (Å²) < 4.78 is 26.9. The minimum absolute atomic E-state index is 0.00136. The fourth-order valence-electron chi connectivity index (χ4n) is 3.58. The van der Waals surface area contributed by atoms with E-state index in [-0.39, 0.29) is 10.9 Å². The lowest BCUT2D eigenvalue weighted by molar-refractivity contribution is 0.245. The number of anilines is 1. The Morgan fingerprint density at radius 3 is 2.39 bits per heavy atom. The maximum absolute atomic E-state index is 12.5. The summed E-state index contributed by atoms with van der Waals surface area (Å²) in [5.41, 5.74) is 1.66. The minimum atomic E-state index is -3.96. The van der Waals surface area contributed by atoms with Gasteiger partial charge in [-0.15, -0.1) is 0 Å². The summed E-state index contributed by atoms with van der Waals surface area (Å²) in [7, 11) is -2.31. The Morgan fingerprint density at radius 2 is 1.64 bits per heavy atom. The molecule has 0 fully saturated rings. The predicted octanol–water partition coefficient (Wildman–Crippen LogP) is 4.19. The molecule has 9 nitrogen and oxygen atoms in total. The monoisotopic (exact) mass is 511 g/mol. The number of urea groups is 2. The van der Waals surface area contributed by atoms with E-state index in [2.05, 4.69) is 22.5 Å². The number of hydrogen-bond acceptors (Lipinski definition) is 5. The van der Waals surface area contributed by atoms with E-state index >= 15 is 0 Å². The van der Waals surface area contributed by atoms with Crippen molar-refractivity contribution < 1.29 is 18.0 Å². The van der Waals surface area contributed by atoms with Gasteiger partial charge in [-0.05, 0) is 48.7 Å². The van der Waals surface area contributed by atoms with Crippen molar-refractivity contribution in [2.45, 2.75) is 43.9 Å². The SMILES string of the molecule is CCCCCCNC(=O)NS(=O)(=O)c1ccc(CCNC(=O)N(C)c2ccc3ccccc3n2)cc1. The molecule has 0 aliphatic heterocycles. The van der Waals surface area contributed by atoms with Gasteiger partial charge >= 0.3 is 12.1 Å². The highest BCUT2D eigenvalue weighted by Crippen LogP contribution is 2.17. The maximum Gasteiger partial charge on any atom is 0.328 e. The van der Waals surface area contributed by atoms with E-state index in [9.17, 15) is 18.0 Å². The van der Waals surface area contributed by atoms with Gasteiger partial charge in [-0.1, -0.05) is 56.5 Å². The molecule has 4 amide bonds. The number of aromatic nitrogens is 1. The Balaban J connectivity index is 1.46. The highest BCUT2D eigenvalue weighted by atomic mass is 32.2.